The number of esters is 1. The summed E-state index contributed by atoms with van der Waals surface area (Å²) in [4.78, 5) is 29.2. The van der Waals surface area contributed by atoms with Crippen LogP contribution < -0.4 is 5.56 Å². The van der Waals surface area contributed by atoms with Crippen molar-refractivity contribution in [1.82, 2.24) is 9.55 Å². The maximum atomic E-state index is 13.1. The van der Waals surface area contributed by atoms with Crippen LogP contribution in [0.25, 0.3) is 16.6 Å². The third kappa shape index (κ3) is 2.70. The van der Waals surface area contributed by atoms with Gasteiger partial charge in [-0.1, -0.05) is 12.1 Å². The van der Waals surface area contributed by atoms with Gasteiger partial charge in [0.2, 0.25) is 5.82 Å². The van der Waals surface area contributed by atoms with Gasteiger partial charge in [0, 0.05) is 0 Å². The monoisotopic (exact) mass is 312 g/mol. The molecule has 5 nitrogen and oxygen atoms in total. The largest absolute Gasteiger partial charge is 0.460 e. The predicted octanol–water partition coefficient (Wildman–Crippen LogP) is 2.70. The highest BCUT2D eigenvalue weighted by molar-refractivity contribution is 5.89. The molecule has 0 spiro atoms. The molecule has 1 heterocycles. The van der Waals surface area contributed by atoms with Crippen LogP contribution in [0.4, 0.5) is 4.39 Å². The van der Waals surface area contributed by atoms with Crippen molar-refractivity contribution in [2.45, 2.75) is 6.92 Å². The van der Waals surface area contributed by atoms with E-state index >= 15 is 0 Å². The standard InChI is InChI=1S/C17H13FN2O3/c1-2-23-17(22)15-19-14-6-4-3-5-13(14)16(21)20(15)12-9-7-11(18)8-10-12/h3-10H,2H2,1H3. The van der Waals surface area contributed by atoms with Gasteiger partial charge >= 0.3 is 5.97 Å². The fraction of sp³-hybridized carbons (Fsp3) is 0.118. The summed E-state index contributed by atoms with van der Waals surface area (Å²) in [6.07, 6.45) is 0. The highest BCUT2D eigenvalue weighted by Gasteiger charge is 2.19. The average molecular weight is 312 g/mol. The molecule has 0 N–H and O–H groups in total. The Kier molecular flexibility index (Phi) is 3.89. The lowest BCUT2D eigenvalue weighted by Crippen LogP contribution is -2.27. The first-order valence-corrected chi connectivity index (χ1v) is 7.06. The van der Waals surface area contributed by atoms with Gasteiger partial charge in [0.25, 0.3) is 5.56 Å². The first kappa shape index (κ1) is 14.9. The Labute approximate surface area is 131 Å². The van der Waals surface area contributed by atoms with Crippen molar-refractivity contribution in [3.05, 3.63) is 70.5 Å². The van der Waals surface area contributed by atoms with Gasteiger partial charge in [0.15, 0.2) is 0 Å². The van der Waals surface area contributed by atoms with E-state index < -0.39 is 17.3 Å². The molecule has 0 fully saturated rings. The quantitative estimate of drug-likeness (QED) is 0.698. The molecule has 0 aliphatic rings. The van der Waals surface area contributed by atoms with Gasteiger partial charge in [-0.05, 0) is 43.3 Å². The number of ether oxygens (including phenoxy) is 1. The number of nitrogens with zero attached hydrogens (tertiary/aromatic N) is 2. The van der Waals surface area contributed by atoms with Gasteiger partial charge in [-0.25, -0.2) is 14.2 Å². The van der Waals surface area contributed by atoms with E-state index in [1.165, 1.54) is 24.3 Å². The first-order chi connectivity index (χ1) is 11.1. The van der Waals surface area contributed by atoms with Gasteiger partial charge in [0.1, 0.15) is 5.82 Å². The molecule has 3 aromatic rings. The van der Waals surface area contributed by atoms with Crippen LogP contribution in [0.5, 0.6) is 0 Å². The molecule has 23 heavy (non-hydrogen) atoms. The number of carbonyl (C=O) groups excluding carboxylic acids is 1. The van der Waals surface area contributed by atoms with Crippen molar-refractivity contribution in [2.24, 2.45) is 0 Å². The third-order valence-electron chi connectivity index (χ3n) is 3.32. The lowest BCUT2D eigenvalue weighted by atomic mass is 10.2. The van der Waals surface area contributed by atoms with Crippen molar-refractivity contribution < 1.29 is 13.9 Å². The van der Waals surface area contributed by atoms with Crippen molar-refractivity contribution in [3.8, 4) is 5.69 Å². The molecule has 1 aromatic heterocycles. The Morgan fingerprint density at radius 1 is 1.17 bits per heavy atom. The van der Waals surface area contributed by atoms with Gasteiger partial charge in [-0.15, -0.1) is 0 Å². The molecule has 0 saturated heterocycles. The van der Waals surface area contributed by atoms with Crippen LogP contribution in [0.3, 0.4) is 0 Å². The van der Waals surface area contributed by atoms with Gasteiger partial charge in [0.05, 0.1) is 23.2 Å². The second-order valence-corrected chi connectivity index (χ2v) is 4.79. The maximum absolute atomic E-state index is 13.1. The lowest BCUT2D eigenvalue weighted by molar-refractivity contribution is 0.0508. The first-order valence-electron chi connectivity index (χ1n) is 7.06. The minimum absolute atomic E-state index is 0.137. The zero-order chi connectivity index (χ0) is 16.4. The summed E-state index contributed by atoms with van der Waals surface area (Å²) in [6, 6.07) is 12.0. The van der Waals surface area contributed by atoms with Gasteiger partial charge in [-0.3, -0.25) is 9.36 Å². The van der Waals surface area contributed by atoms with Crippen LogP contribution in [0, 0.1) is 5.82 Å². The SMILES string of the molecule is CCOC(=O)c1nc2ccccc2c(=O)n1-c1ccc(F)cc1. The number of halogens is 1. The normalized spacial score (nSPS) is 10.7. The van der Waals surface area contributed by atoms with Crippen molar-refractivity contribution in [1.29, 1.82) is 0 Å². The highest BCUT2D eigenvalue weighted by atomic mass is 19.1. The number of carbonyl (C=O) groups is 1. The number of hydrogen-bond donors (Lipinski definition) is 0. The van der Waals surface area contributed by atoms with E-state index in [1.807, 2.05) is 0 Å². The summed E-state index contributed by atoms with van der Waals surface area (Å²) in [5, 5.41) is 0.366. The van der Waals surface area contributed by atoms with Crippen LogP contribution in [0.15, 0.2) is 53.3 Å². The second kappa shape index (κ2) is 6.00. The van der Waals surface area contributed by atoms with E-state index in [9.17, 15) is 14.0 Å². The van der Waals surface area contributed by atoms with Crippen molar-refractivity contribution >= 4 is 16.9 Å². The minimum Gasteiger partial charge on any atom is -0.460 e. The maximum Gasteiger partial charge on any atom is 0.375 e. The van der Waals surface area contributed by atoms with Gasteiger partial charge < -0.3 is 4.74 Å². The van der Waals surface area contributed by atoms with E-state index in [-0.39, 0.29) is 12.4 Å². The number of para-hydroxylation sites is 1. The number of hydrogen-bond acceptors (Lipinski definition) is 4. The number of fused-ring (bicyclic) bond motifs is 1. The van der Waals surface area contributed by atoms with Crippen LogP contribution in [-0.4, -0.2) is 22.1 Å². The van der Waals surface area contributed by atoms with Crippen LogP contribution >= 0.6 is 0 Å². The Morgan fingerprint density at radius 3 is 2.57 bits per heavy atom. The molecule has 0 aliphatic heterocycles. The van der Waals surface area contributed by atoms with Crippen LogP contribution in [0.2, 0.25) is 0 Å². The molecule has 0 amide bonds. The Bertz CT molecular complexity index is 933. The summed E-state index contributed by atoms with van der Waals surface area (Å²) in [7, 11) is 0. The summed E-state index contributed by atoms with van der Waals surface area (Å²) in [5.41, 5.74) is 0.335. The van der Waals surface area contributed by atoms with E-state index in [4.69, 9.17) is 4.74 Å². The van der Waals surface area contributed by atoms with E-state index in [0.29, 0.717) is 16.6 Å². The number of benzene rings is 2. The summed E-state index contributed by atoms with van der Waals surface area (Å²) >= 11 is 0. The predicted molar refractivity (Wildman–Crippen MR) is 83.3 cm³/mol. The van der Waals surface area contributed by atoms with E-state index in [1.54, 1.807) is 31.2 Å². The third-order valence-corrected chi connectivity index (χ3v) is 3.32. The minimum atomic E-state index is -0.709. The molecule has 6 heteroatoms. The van der Waals surface area contributed by atoms with E-state index in [2.05, 4.69) is 4.98 Å². The van der Waals surface area contributed by atoms with Crippen molar-refractivity contribution in [3.63, 3.8) is 0 Å². The molecular formula is C17H13FN2O3. The molecule has 0 unspecified atom stereocenters. The molecule has 0 aliphatic carbocycles. The fourth-order valence-electron chi connectivity index (χ4n) is 2.29. The average Bonchev–Trinajstić information content (AvgIpc) is 2.56. The summed E-state index contributed by atoms with van der Waals surface area (Å²) in [5.74, 6) is -1.28. The molecule has 116 valence electrons. The Morgan fingerprint density at radius 2 is 1.87 bits per heavy atom. The Balaban J connectivity index is 2.34. The van der Waals surface area contributed by atoms with Crippen LogP contribution in [-0.2, 0) is 4.74 Å². The molecular weight excluding hydrogens is 299 g/mol. The molecule has 0 radical (unpaired) electrons. The summed E-state index contributed by atoms with van der Waals surface area (Å²) < 4.78 is 19.3. The molecule has 0 bridgehead atoms. The fourth-order valence-corrected chi connectivity index (χ4v) is 2.29. The molecule has 3 rings (SSSR count). The molecule has 0 saturated carbocycles. The smallest absolute Gasteiger partial charge is 0.375 e. The topological polar surface area (TPSA) is 61.2 Å². The highest BCUT2D eigenvalue weighted by Crippen LogP contribution is 2.14. The summed E-state index contributed by atoms with van der Waals surface area (Å²) in [6.45, 7) is 1.82. The number of rotatable bonds is 3. The second-order valence-electron chi connectivity index (χ2n) is 4.79. The molecule has 0 atom stereocenters. The Hall–Kier alpha value is -3.02. The van der Waals surface area contributed by atoms with Crippen LogP contribution in [0.1, 0.15) is 17.5 Å². The van der Waals surface area contributed by atoms with E-state index in [0.717, 1.165) is 4.57 Å². The number of aromatic nitrogens is 2. The zero-order valence-electron chi connectivity index (χ0n) is 12.3. The van der Waals surface area contributed by atoms with Crippen molar-refractivity contribution in [2.75, 3.05) is 6.61 Å². The lowest BCUT2D eigenvalue weighted by Gasteiger charge is -2.12. The van der Waals surface area contributed by atoms with Gasteiger partial charge in [-0.2, -0.15) is 0 Å². The molecule has 2 aromatic carbocycles. The zero-order valence-corrected chi connectivity index (χ0v) is 12.3.